The highest BCUT2D eigenvalue weighted by Gasteiger charge is 2.47. The second kappa shape index (κ2) is 7.41. The number of rotatable bonds is 3. The Kier molecular flexibility index (Phi) is 5.01. The van der Waals surface area contributed by atoms with Gasteiger partial charge in [-0.3, -0.25) is 0 Å². The van der Waals surface area contributed by atoms with Gasteiger partial charge in [0.05, 0.1) is 4.90 Å². The molecule has 2 fully saturated rings. The highest BCUT2D eigenvalue weighted by atomic mass is 32.2. The number of hydrogen-bond acceptors (Lipinski definition) is 4. The van der Waals surface area contributed by atoms with Gasteiger partial charge in [0.15, 0.2) is 0 Å². The molecule has 1 saturated carbocycles. The molecule has 2 heterocycles. The molecule has 2 unspecified atom stereocenters. The van der Waals surface area contributed by atoms with Gasteiger partial charge in [-0.1, -0.05) is 49.4 Å². The van der Waals surface area contributed by atoms with E-state index in [0.29, 0.717) is 24.0 Å². The zero-order valence-electron chi connectivity index (χ0n) is 16.7. The molecule has 1 aliphatic carbocycles. The van der Waals surface area contributed by atoms with Crippen LogP contribution in [0, 0.1) is 5.92 Å². The van der Waals surface area contributed by atoms with Gasteiger partial charge in [-0.25, -0.2) is 13.1 Å². The molecule has 154 valence electrons. The molecule has 0 bridgehead atoms. The third kappa shape index (κ3) is 3.25. The lowest BCUT2D eigenvalue weighted by molar-refractivity contribution is 0.0832. The van der Waals surface area contributed by atoms with E-state index in [0.717, 1.165) is 24.2 Å². The van der Waals surface area contributed by atoms with Crippen LogP contribution in [0.1, 0.15) is 50.2 Å². The van der Waals surface area contributed by atoms with E-state index in [1.165, 1.54) is 28.9 Å². The van der Waals surface area contributed by atoms with Crippen LogP contribution in [0.4, 0.5) is 0 Å². The average molecular weight is 430 g/mol. The zero-order chi connectivity index (χ0) is 20.1. The molecule has 0 amide bonds. The van der Waals surface area contributed by atoms with Crippen molar-refractivity contribution in [2.45, 2.75) is 65.2 Å². The van der Waals surface area contributed by atoms with Crippen molar-refractivity contribution in [3.8, 4) is 0 Å². The van der Waals surface area contributed by atoms with Gasteiger partial charge in [0.2, 0.25) is 10.0 Å². The molecule has 4 nitrogen and oxygen atoms in total. The fourth-order valence-electron chi connectivity index (χ4n) is 5.39. The Bertz CT molecular complexity index is 1030. The lowest BCUT2D eigenvalue weighted by atomic mass is 9.68. The van der Waals surface area contributed by atoms with Crippen LogP contribution < -0.4 is 4.72 Å². The molecule has 2 aliphatic heterocycles. The standard InChI is InChI=1S/C23H27NO3S2/c1-16-5-4-12-23(16)19-6-2-3-7-21(19)28-22-15-18(8-9-20(22)23)29(25,26)24-17-10-13-27-14-11-17/h2-3,6-9,15-17,24H,4-5,10-14H2,1H3. The summed E-state index contributed by atoms with van der Waals surface area (Å²) in [6, 6.07) is 14.4. The van der Waals surface area contributed by atoms with Crippen molar-refractivity contribution in [3.05, 3.63) is 53.6 Å². The number of hydrogen-bond donors (Lipinski definition) is 1. The molecule has 2 atom stereocenters. The molecule has 3 aliphatic rings. The first-order chi connectivity index (χ1) is 14.0. The Morgan fingerprint density at radius 3 is 2.55 bits per heavy atom. The first kappa shape index (κ1) is 19.6. The monoisotopic (exact) mass is 429 g/mol. The first-order valence-electron chi connectivity index (χ1n) is 10.5. The molecule has 2 aromatic carbocycles. The van der Waals surface area contributed by atoms with Gasteiger partial charge in [0, 0.05) is 34.5 Å². The first-order valence-corrected chi connectivity index (χ1v) is 12.8. The summed E-state index contributed by atoms with van der Waals surface area (Å²) >= 11 is 1.71. The largest absolute Gasteiger partial charge is 0.381 e. The predicted molar refractivity (Wildman–Crippen MR) is 115 cm³/mol. The highest BCUT2D eigenvalue weighted by Crippen LogP contribution is 2.58. The number of fused-ring (bicyclic) bond motifs is 4. The Hall–Kier alpha value is -1.34. The summed E-state index contributed by atoms with van der Waals surface area (Å²) in [6.07, 6.45) is 5.01. The van der Waals surface area contributed by atoms with Crippen LogP contribution in [0.2, 0.25) is 0 Å². The minimum atomic E-state index is -3.54. The van der Waals surface area contributed by atoms with Crippen LogP contribution >= 0.6 is 11.8 Å². The van der Waals surface area contributed by atoms with E-state index in [1.807, 2.05) is 12.1 Å². The van der Waals surface area contributed by atoms with Crippen LogP contribution in [0.5, 0.6) is 0 Å². The molecular formula is C23H27NO3S2. The van der Waals surface area contributed by atoms with Gasteiger partial charge < -0.3 is 4.74 Å². The number of sulfonamides is 1. The molecule has 0 aromatic heterocycles. The van der Waals surface area contributed by atoms with E-state index in [4.69, 9.17) is 4.74 Å². The van der Waals surface area contributed by atoms with Crippen molar-refractivity contribution in [2.24, 2.45) is 5.92 Å². The van der Waals surface area contributed by atoms with E-state index in [1.54, 1.807) is 11.8 Å². The summed E-state index contributed by atoms with van der Waals surface area (Å²) in [5, 5.41) is 0. The van der Waals surface area contributed by atoms with Gasteiger partial charge >= 0.3 is 0 Å². The van der Waals surface area contributed by atoms with Crippen LogP contribution in [0.3, 0.4) is 0 Å². The summed E-state index contributed by atoms with van der Waals surface area (Å²) in [6.45, 7) is 3.58. The van der Waals surface area contributed by atoms with Crippen molar-refractivity contribution in [1.29, 1.82) is 0 Å². The van der Waals surface area contributed by atoms with Crippen molar-refractivity contribution < 1.29 is 13.2 Å². The Labute approximate surface area is 177 Å². The van der Waals surface area contributed by atoms with Crippen molar-refractivity contribution in [1.82, 2.24) is 4.72 Å². The second-order valence-electron chi connectivity index (χ2n) is 8.53. The number of ether oxygens (including phenoxy) is 1. The molecule has 1 N–H and O–H groups in total. The van der Waals surface area contributed by atoms with Gasteiger partial charge in [-0.05, 0) is 60.9 Å². The van der Waals surface area contributed by atoms with E-state index in [-0.39, 0.29) is 11.5 Å². The second-order valence-corrected chi connectivity index (χ2v) is 11.3. The fraction of sp³-hybridized carbons (Fsp3) is 0.478. The van der Waals surface area contributed by atoms with Gasteiger partial charge in [-0.2, -0.15) is 0 Å². The highest BCUT2D eigenvalue weighted by molar-refractivity contribution is 7.99. The average Bonchev–Trinajstić information content (AvgIpc) is 3.10. The molecular weight excluding hydrogens is 402 g/mol. The van der Waals surface area contributed by atoms with E-state index in [2.05, 4.69) is 42.0 Å². The van der Waals surface area contributed by atoms with Crippen LogP contribution in [0.25, 0.3) is 0 Å². The molecule has 0 radical (unpaired) electrons. The summed E-state index contributed by atoms with van der Waals surface area (Å²) in [5.41, 5.74) is 2.72. The van der Waals surface area contributed by atoms with Gasteiger partial charge in [0.25, 0.3) is 0 Å². The molecule has 29 heavy (non-hydrogen) atoms. The normalized spacial score (nSPS) is 27.0. The van der Waals surface area contributed by atoms with Crippen LogP contribution in [-0.2, 0) is 20.2 Å². The van der Waals surface area contributed by atoms with Crippen LogP contribution in [-0.4, -0.2) is 27.7 Å². The molecule has 2 aromatic rings. The molecule has 1 spiro atoms. The predicted octanol–water partition coefficient (Wildman–Crippen LogP) is 4.71. The zero-order valence-corrected chi connectivity index (χ0v) is 18.3. The lowest BCUT2D eigenvalue weighted by Crippen LogP contribution is -2.39. The number of benzene rings is 2. The van der Waals surface area contributed by atoms with Gasteiger partial charge in [0.1, 0.15) is 0 Å². The van der Waals surface area contributed by atoms with E-state index in [9.17, 15) is 8.42 Å². The fourth-order valence-corrected chi connectivity index (χ4v) is 8.09. The van der Waals surface area contributed by atoms with Crippen molar-refractivity contribution in [3.63, 3.8) is 0 Å². The third-order valence-electron chi connectivity index (χ3n) is 6.92. The summed E-state index contributed by atoms with van der Waals surface area (Å²) < 4.78 is 34.3. The Balaban J connectivity index is 1.55. The van der Waals surface area contributed by atoms with Crippen molar-refractivity contribution >= 4 is 21.8 Å². The molecule has 1 saturated heterocycles. The summed E-state index contributed by atoms with van der Waals surface area (Å²) in [5.74, 6) is 0.547. The number of nitrogens with one attached hydrogen (secondary N) is 1. The van der Waals surface area contributed by atoms with Gasteiger partial charge in [-0.15, -0.1) is 0 Å². The Morgan fingerprint density at radius 1 is 1.03 bits per heavy atom. The molecule has 6 heteroatoms. The third-order valence-corrected chi connectivity index (χ3v) is 9.58. The quantitative estimate of drug-likeness (QED) is 0.767. The van der Waals surface area contributed by atoms with E-state index < -0.39 is 10.0 Å². The lowest BCUT2D eigenvalue weighted by Gasteiger charge is -2.41. The van der Waals surface area contributed by atoms with Crippen LogP contribution in [0.15, 0.2) is 57.2 Å². The van der Waals surface area contributed by atoms with Crippen molar-refractivity contribution in [2.75, 3.05) is 13.2 Å². The SMILES string of the molecule is CC1CCCC12c1ccccc1Sc1cc(S(=O)(=O)NC3CCOCC3)ccc12. The maximum atomic E-state index is 13.0. The summed E-state index contributed by atoms with van der Waals surface area (Å²) in [7, 11) is -3.54. The summed E-state index contributed by atoms with van der Waals surface area (Å²) in [4.78, 5) is 2.73. The Morgan fingerprint density at radius 2 is 1.79 bits per heavy atom. The maximum absolute atomic E-state index is 13.0. The topological polar surface area (TPSA) is 55.4 Å². The minimum Gasteiger partial charge on any atom is -0.381 e. The molecule has 5 rings (SSSR count). The smallest absolute Gasteiger partial charge is 0.240 e. The van der Waals surface area contributed by atoms with E-state index >= 15 is 0 Å². The maximum Gasteiger partial charge on any atom is 0.240 e. The minimum absolute atomic E-state index is 0.00755.